The maximum Gasteiger partial charge on any atom is 0.243 e. The number of hydrogen-bond acceptors (Lipinski definition) is 2. The van der Waals surface area contributed by atoms with Crippen LogP contribution >= 0.6 is 0 Å². The average molecular weight is 401 g/mol. The van der Waals surface area contributed by atoms with Gasteiger partial charge in [0, 0.05) is 24.5 Å². The van der Waals surface area contributed by atoms with Crippen LogP contribution in [0.25, 0.3) is 0 Å². The lowest BCUT2D eigenvalue weighted by atomic mass is 10.1. The van der Waals surface area contributed by atoms with Gasteiger partial charge in [0.15, 0.2) is 0 Å². The highest BCUT2D eigenvalue weighted by Gasteiger charge is 2.28. The standard InChI is InChI=1S/C22H25FN2O2S/c1-17(2)25(28(26,27)22-11-9-20(23)10-12-22)16-21-8-5-13-24(21)15-19-7-4-6-18(3)14-19/h4-14,17H,15-16H2,1-3H3. The SMILES string of the molecule is Cc1cccc(Cn2cccc2CN(C(C)C)S(=O)(=O)c2ccc(F)cc2)c1. The zero-order valence-electron chi connectivity index (χ0n) is 16.3. The smallest absolute Gasteiger partial charge is 0.243 e. The molecule has 2 aromatic carbocycles. The van der Waals surface area contributed by atoms with Crippen LogP contribution in [0.2, 0.25) is 0 Å². The number of hydrogen-bond donors (Lipinski definition) is 0. The Morgan fingerprint density at radius 1 is 1.04 bits per heavy atom. The highest BCUT2D eigenvalue weighted by molar-refractivity contribution is 7.89. The molecule has 0 N–H and O–H groups in total. The normalized spacial score (nSPS) is 12.1. The van der Waals surface area contributed by atoms with Gasteiger partial charge in [-0.25, -0.2) is 12.8 Å². The van der Waals surface area contributed by atoms with Crippen LogP contribution in [0.4, 0.5) is 4.39 Å². The second-order valence-corrected chi connectivity index (χ2v) is 9.10. The Morgan fingerprint density at radius 2 is 1.75 bits per heavy atom. The van der Waals surface area contributed by atoms with Gasteiger partial charge in [-0.15, -0.1) is 0 Å². The van der Waals surface area contributed by atoms with Crippen LogP contribution < -0.4 is 0 Å². The predicted octanol–water partition coefficient (Wildman–Crippen LogP) is 4.58. The highest BCUT2D eigenvalue weighted by Crippen LogP contribution is 2.22. The zero-order chi connectivity index (χ0) is 20.3. The summed E-state index contributed by atoms with van der Waals surface area (Å²) in [6.07, 6.45) is 1.96. The molecule has 6 heteroatoms. The topological polar surface area (TPSA) is 42.3 Å². The highest BCUT2D eigenvalue weighted by atomic mass is 32.2. The lowest BCUT2D eigenvalue weighted by Gasteiger charge is -2.26. The predicted molar refractivity (Wildman–Crippen MR) is 109 cm³/mol. The van der Waals surface area contributed by atoms with Crippen LogP contribution in [-0.4, -0.2) is 23.3 Å². The molecular weight excluding hydrogens is 375 g/mol. The van der Waals surface area contributed by atoms with Crippen molar-refractivity contribution in [3.8, 4) is 0 Å². The third kappa shape index (κ3) is 4.51. The molecule has 3 rings (SSSR count). The maximum absolute atomic E-state index is 13.2. The molecule has 4 nitrogen and oxygen atoms in total. The van der Waals surface area contributed by atoms with E-state index in [-0.39, 0.29) is 17.5 Å². The van der Waals surface area contributed by atoms with E-state index in [1.54, 1.807) is 0 Å². The summed E-state index contributed by atoms with van der Waals surface area (Å²) < 4.78 is 43.0. The molecule has 0 radical (unpaired) electrons. The summed E-state index contributed by atoms with van der Waals surface area (Å²) in [7, 11) is -3.74. The average Bonchev–Trinajstić information content (AvgIpc) is 3.06. The molecule has 0 atom stereocenters. The maximum atomic E-state index is 13.2. The van der Waals surface area contributed by atoms with Crippen molar-refractivity contribution in [3.05, 3.63) is 89.5 Å². The molecule has 0 bridgehead atoms. The fraction of sp³-hybridized carbons (Fsp3) is 0.273. The molecule has 0 aliphatic rings. The van der Waals surface area contributed by atoms with Crippen molar-refractivity contribution in [1.29, 1.82) is 0 Å². The van der Waals surface area contributed by atoms with Gasteiger partial charge in [-0.3, -0.25) is 0 Å². The largest absolute Gasteiger partial charge is 0.346 e. The Balaban J connectivity index is 1.88. The number of nitrogens with zero attached hydrogens (tertiary/aromatic N) is 2. The van der Waals surface area contributed by atoms with Gasteiger partial charge in [-0.05, 0) is 62.7 Å². The van der Waals surface area contributed by atoms with Crippen LogP contribution in [0.5, 0.6) is 0 Å². The third-order valence-electron chi connectivity index (χ3n) is 4.67. The molecule has 0 aliphatic carbocycles. The minimum absolute atomic E-state index is 0.0967. The fourth-order valence-corrected chi connectivity index (χ4v) is 4.81. The second-order valence-electron chi connectivity index (χ2n) is 7.21. The Hall–Kier alpha value is -2.44. The minimum Gasteiger partial charge on any atom is -0.346 e. The molecule has 28 heavy (non-hydrogen) atoms. The first-order valence-electron chi connectivity index (χ1n) is 9.24. The van der Waals surface area contributed by atoms with Gasteiger partial charge in [0.1, 0.15) is 5.82 Å². The van der Waals surface area contributed by atoms with Crippen molar-refractivity contribution >= 4 is 10.0 Å². The third-order valence-corrected chi connectivity index (χ3v) is 6.71. The summed E-state index contributed by atoms with van der Waals surface area (Å²) in [6, 6.07) is 16.8. The van der Waals surface area contributed by atoms with Gasteiger partial charge >= 0.3 is 0 Å². The van der Waals surface area contributed by atoms with Crippen molar-refractivity contribution < 1.29 is 12.8 Å². The Kier molecular flexibility index (Phi) is 6.01. The monoisotopic (exact) mass is 400 g/mol. The van der Waals surface area contributed by atoms with E-state index in [9.17, 15) is 12.8 Å². The van der Waals surface area contributed by atoms with Gasteiger partial charge in [0.2, 0.25) is 10.0 Å². The van der Waals surface area contributed by atoms with E-state index in [0.29, 0.717) is 6.54 Å². The molecule has 0 aliphatic heterocycles. The summed E-state index contributed by atoms with van der Waals surface area (Å²) in [4.78, 5) is 0.0967. The number of aryl methyl sites for hydroxylation is 1. The van der Waals surface area contributed by atoms with Crippen molar-refractivity contribution in [2.75, 3.05) is 0 Å². The van der Waals surface area contributed by atoms with E-state index in [2.05, 4.69) is 29.7 Å². The fourth-order valence-electron chi connectivity index (χ4n) is 3.20. The lowest BCUT2D eigenvalue weighted by Crippen LogP contribution is -2.37. The van der Waals surface area contributed by atoms with Gasteiger partial charge in [-0.2, -0.15) is 4.31 Å². The van der Waals surface area contributed by atoms with Crippen molar-refractivity contribution in [2.24, 2.45) is 0 Å². The molecule has 0 unspecified atom stereocenters. The van der Waals surface area contributed by atoms with E-state index in [1.807, 2.05) is 38.2 Å². The molecule has 148 valence electrons. The Morgan fingerprint density at radius 3 is 2.39 bits per heavy atom. The molecule has 0 spiro atoms. The summed E-state index contributed by atoms with van der Waals surface area (Å²) in [6.45, 7) is 6.66. The van der Waals surface area contributed by atoms with E-state index in [1.165, 1.54) is 34.1 Å². The van der Waals surface area contributed by atoms with Crippen LogP contribution in [0.3, 0.4) is 0 Å². The van der Waals surface area contributed by atoms with E-state index in [0.717, 1.165) is 11.3 Å². The number of rotatable bonds is 7. The second kappa shape index (κ2) is 8.29. The molecule has 0 saturated carbocycles. The van der Waals surface area contributed by atoms with Gasteiger partial charge in [0.25, 0.3) is 0 Å². The number of sulfonamides is 1. The summed E-state index contributed by atoms with van der Waals surface area (Å²) in [5, 5.41) is 0. The number of aromatic nitrogens is 1. The molecule has 0 saturated heterocycles. The quantitative estimate of drug-likeness (QED) is 0.582. The van der Waals surface area contributed by atoms with E-state index >= 15 is 0 Å². The van der Waals surface area contributed by atoms with Crippen molar-refractivity contribution in [2.45, 2.75) is 44.8 Å². The van der Waals surface area contributed by atoms with Crippen molar-refractivity contribution in [3.63, 3.8) is 0 Å². The van der Waals surface area contributed by atoms with Gasteiger partial charge < -0.3 is 4.57 Å². The van der Waals surface area contributed by atoms with Gasteiger partial charge in [0.05, 0.1) is 11.4 Å². The minimum atomic E-state index is -3.74. The number of halogens is 1. The summed E-state index contributed by atoms with van der Waals surface area (Å²) >= 11 is 0. The lowest BCUT2D eigenvalue weighted by molar-refractivity contribution is 0.340. The van der Waals surface area contributed by atoms with Crippen molar-refractivity contribution in [1.82, 2.24) is 8.87 Å². The summed E-state index contributed by atoms with van der Waals surface area (Å²) in [5.41, 5.74) is 3.25. The van der Waals surface area contributed by atoms with E-state index < -0.39 is 15.8 Å². The first-order chi connectivity index (χ1) is 13.3. The van der Waals surface area contributed by atoms with Gasteiger partial charge in [-0.1, -0.05) is 29.8 Å². The molecule has 0 amide bonds. The Bertz CT molecular complexity index is 1040. The summed E-state index contributed by atoms with van der Waals surface area (Å²) in [5.74, 6) is -0.456. The first kappa shape index (κ1) is 20.3. The molecule has 1 aromatic heterocycles. The molecule has 0 fully saturated rings. The zero-order valence-corrected chi connectivity index (χ0v) is 17.2. The first-order valence-corrected chi connectivity index (χ1v) is 10.7. The van der Waals surface area contributed by atoms with Crippen LogP contribution in [0, 0.1) is 12.7 Å². The van der Waals surface area contributed by atoms with Crippen LogP contribution in [0.15, 0.2) is 71.8 Å². The van der Waals surface area contributed by atoms with Crippen LogP contribution in [0.1, 0.15) is 30.7 Å². The molecule has 3 aromatic rings. The molecule has 1 heterocycles. The van der Waals surface area contributed by atoms with E-state index in [4.69, 9.17) is 0 Å². The Labute approximate surface area is 166 Å². The van der Waals surface area contributed by atoms with Crippen LogP contribution in [-0.2, 0) is 23.1 Å². The molecular formula is C22H25FN2O2S. The number of benzene rings is 2.